The third-order valence-electron chi connectivity index (χ3n) is 2.19. The lowest BCUT2D eigenvalue weighted by molar-refractivity contribution is 0.600. The Morgan fingerprint density at radius 3 is 2.72 bits per heavy atom. The van der Waals surface area contributed by atoms with Gasteiger partial charge in [0, 0.05) is 5.69 Å². The molecule has 2 rings (SSSR count). The quantitative estimate of drug-likeness (QED) is 0.835. The van der Waals surface area contributed by atoms with Crippen molar-refractivity contribution in [1.82, 2.24) is 4.98 Å². The lowest BCUT2D eigenvalue weighted by atomic mass is 10.2. The summed E-state index contributed by atoms with van der Waals surface area (Å²) in [5.41, 5.74) is 6.72. The molecule has 18 heavy (non-hydrogen) atoms. The molecule has 0 bridgehead atoms. The van der Waals surface area contributed by atoms with Gasteiger partial charge in [0.2, 0.25) is 0 Å². The normalized spacial score (nSPS) is 11.4. The molecule has 0 atom stereocenters. The Hall–Kier alpha value is -1.12. The van der Waals surface area contributed by atoms with Crippen LogP contribution in [0, 0.1) is 6.92 Å². The van der Waals surface area contributed by atoms with Crippen LogP contribution < -0.4 is 10.5 Å². The summed E-state index contributed by atoms with van der Waals surface area (Å²) in [7, 11) is -3.63. The first-order valence-corrected chi connectivity index (χ1v) is 7.98. The van der Waals surface area contributed by atoms with E-state index in [9.17, 15) is 8.42 Å². The number of benzene rings is 1. The number of sulfonamides is 1. The van der Waals surface area contributed by atoms with Gasteiger partial charge in [0.1, 0.15) is 0 Å². The maximum Gasteiger partial charge on any atom is 0.263 e. The summed E-state index contributed by atoms with van der Waals surface area (Å²) in [6, 6.07) is 4.65. The largest absolute Gasteiger partial charge is 0.399 e. The number of nitrogens with one attached hydrogen (secondary N) is 1. The summed E-state index contributed by atoms with van der Waals surface area (Å²) in [4.78, 5) is 4.13. The number of rotatable bonds is 3. The second kappa shape index (κ2) is 4.87. The first kappa shape index (κ1) is 13.3. The molecule has 1 aromatic heterocycles. The van der Waals surface area contributed by atoms with E-state index in [1.807, 2.05) is 0 Å². The van der Waals surface area contributed by atoms with E-state index < -0.39 is 10.0 Å². The van der Waals surface area contributed by atoms with Crippen molar-refractivity contribution in [3.8, 4) is 0 Å². The van der Waals surface area contributed by atoms with Crippen molar-refractivity contribution in [2.45, 2.75) is 11.8 Å². The second-order valence-electron chi connectivity index (χ2n) is 3.60. The van der Waals surface area contributed by atoms with Crippen molar-refractivity contribution in [2.24, 2.45) is 0 Å². The van der Waals surface area contributed by atoms with E-state index in [-0.39, 0.29) is 4.90 Å². The highest BCUT2D eigenvalue weighted by atomic mass is 79.9. The van der Waals surface area contributed by atoms with Crippen molar-refractivity contribution >= 4 is 48.1 Å². The van der Waals surface area contributed by atoms with Crippen LogP contribution in [0.25, 0.3) is 0 Å². The van der Waals surface area contributed by atoms with Gasteiger partial charge in [0.25, 0.3) is 10.0 Å². The molecule has 0 fully saturated rings. The van der Waals surface area contributed by atoms with E-state index in [0.717, 1.165) is 3.79 Å². The number of aryl methyl sites for hydroxylation is 1. The first-order valence-electron chi connectivity index (χ1n) is 4.89. The Morgan fingerprint density at radius 2 is 2.17 bits per heavy atom. The number of nitrogen functional groups attached to an aromatic ring is 1. The van der Waals surface area contributed by atoms with Gasteiger partial charge in [-0.2, -0.15) is 0 Å². The van der Waals surface area contributed by atoms with Crippen LogP contribution in [0.2, 0.25) is 0 Å². The van der Waals surface area contributed by atoms with Crippen molar-refractivity contribution in [2.75, 3.05) is 10.5 Å². The molecular formula is C10H10BrN3O2S2. The molecule has 2 aromatic rings. The van der Waals surface area contributed by atoms with Gasteiger partial charge in [0.15, 0.2) is 5.13 Å². The van der Waals surface area contributed by atoms with Crippen LogP contribution >= 0.6 is 27.3 Å². The van der Waals surface area contributed by atoms with Gasteiger partial charge in [-0.1, -0.05) is 11.3 Å². The molecule has 1 heterocycles. The van der Waals surface area contributed by atoms with Crippen molar-refractivity contribution in [3.63, 3.8) is 0 Å². The van der Waals surface area contributed by atoms with Crippen molar-refractivity contribution in [3.05, 3.63) is 33.7 Å². The lowest BCUT2D eigenvalue weighted by Crippen LogP contribution is -2.14. The number of halogens is 1. The molecule has 0 saturated carbocycles. The molecule has 1 aromatic carbocycles. The Kier molecular flexibility index (Phi) is 3.60. The summed E-state index contributed by atoms with van der Waals surface area (Å²) >= 11 is 4.43. The van der Waals surface area contributed by atoms with Gasteiger partial charge in [0.05, 0.1) is 14.9 Å². The van der Waals surface area contributed by atoms with Crippen LogP contribution in [0.5, 0.6) is 0 Å². The zero-order chi connectivity index (χ0) is 13.3. The Morgan fingerprint density at radius 1 is 1.44 bits per heavy atom. The number of thiazole rings is 1. The molecule has 3 N–H and O–H groups in total. The molecule has 0 saturated heterocycles. The number of hydrogen-bond acceptors (Lipinski definition) is 5. The SMILES string of the molecule is Cc1cc(N)ccc1S(=O)(=O)Nc1ncc(Br)s1. The molecule has 8 heteroatoms. The Labute approximate surface area is 117 Å². The van der Waals surface area contributed by atoms with Gasteiger partial charge in [-0.3, -0.25) is 4.72 Å². The highest BCUT2D eigenvalue weighted by Crippen LogP contribution is 2.26. The molecule has 0 aliphatic rings. The molecular weight excluding hydrogens is 338 g/mol. The summed E-state index contributed by atoms with van der Waals surface area (Å²) in [5, 5.41) is 0.318. The fourth-order valence-electron chi connectivity index (χ4n) is 1.45. The van der Waals surface area contributed by atoms with Gasteiger partial charge in [-0.15, -0.1) is 0 Å². The van der Waals surface area contributed by atoms with Crippen LogP contribution in [0.4, 0.5) is 10.8 Å². The zero-order valence-corrected chi connectivity index (χ0v) is 12.6. The van der Waals surface area contributed by atoms with Crippen LogP contribution in [0.1, 0.15) is 5.56 Å². The molecule has 0 radical (unpaired) electrons. The van der Waals surface area contributed by atoms with Crippen molar-refractivity contribution < 1.29 is 8.42 Å². The predicted molar refractivity (Wildman–Crippen MR) is 76.2 cm³/mol. The topological polar surface area (TPSA) is 85.1 Å². The maximum absolute atomic E-state index is 12.1. The molecule has 0 spiro atoms. The highest BCUT2D eigenvalue weighted by molar-refractivity contribution is 9.11. The number of anilines is 2. The highest BCUT2D eigenvalue weighted by Gasteiger charge is 2.18. The lowest BCUT2D eigenvalue weighted by Gasteiger charge is -2.08. The standard InChI is InChI=1S/C10H10BrN3O2S2/c1-6-4-7(12)2-3-8(6)18(15,16)14-10-13-5-9(11)17-10/h2-5H,12H2,1H3,(H,13,14). The molecule has 0 aliphatic carbocycles. The number of nitrogens with two attached hydrogens (primary N) is 1. The van der Waals surface area contributed by atoms with Crippen molar-refractivity contribution in [1.29, 1.82) is 0 Å². The first-order chi connectivity index (χ1) is 8.38. The zero-order valence-electron chi connectivity index (χ0n) is 9.34. The third kappa shape index (κ3) is 2.82. The number of aromatic nitrogens is 1. The molecule has 96 valence electrons. The summed E-state index contributed by atoms with van der Waals surface area (Å²) in [6.45, 7) is 1.70. The van der Waals surface area contributed by atoms with Crippen LogP contribution in [-0.4, -0.2) is 13.4 Å². The Balaban J connectivity index is 2.36. The van der Waals surface area contributed by atoms with Crippen LogP contribution in [0.15, 0.2) is 33.1 Å². The van der Waals surface area contributed by atoms with Crippen LogP contribution in [-0.2, 0) is 10.0 Å². The van der Waals surface area contributed by atoms with Gasteiger partial charge in [-0.05, 0) is 46.6 Å². The van der Waals surface area contributed by atoms with E-state index in [4.69, 9.17) is 5.73 Å². The van der Waals surface area contributed by atoms with Gasteiger partial charge < -0.3 is 5.73 Å². The average Bonchev–Trinajstić information content (AvgIpc) is 2.62. The van der Waals surface area contributed by atoms with E-state index >= 15 is 0 Å². The Bertz CT molecular complexity index is 682. The fourth-order valence-corrected chi connectivity index (χ4v) is 4.02. The minimum atomic E-state index is -3.63. The minimum Gasteiger partial charge on any atom is -0.399 e. The second-order valence-corrected chi connectivity index (χ2v) is 7.66. The predicted octanol–water partition coefficient (Wildman–Crippen LogP) is 2.60. The smallest absolute Gasteiger partial charge is 0.263 e. The van der Waals surface area contributed by atoms with E-state index in [1.165, 1.54) is 17.4 Å². The van der Waals surface area contributed by atoms with Gasteiger partial charge >= 0.3 is 0 Å². The number of hydrogen-bond donors (Lipinski definition) is 2. The summed E-state index contributed by atoms with van der Waals surface area (Å²) in [5.74, 6) is 0. The van der Waals surface area contributed by atoms with E-state index in [1.54, 1.807) is 25.3 Å². The minimum absolute atomic E-state index is 0.197. The molecule has 0 amide bonds. The molecule has 0 unspecified atom stereocenters. The van der Waals surface area contributed by atoms with Gasteiger partial charge in [-0.25, -0.2) is 13.4 Å². The van der Waals surface area contributed by atoms with E-state index in [0.29, 0.717) is 16.4 Å². The fraction of sp³-hybridized carbons (Fsp3) is 0.100. The summed E-state index contributed by atoms with van der Waals surface area (Å²) in [6.07, 6.45) is 1.54. The van der Waals surface area contributed by atoms with Crippen LogP contribution in [0.3, 0.4) is 0 Å². The third-order valence-corrected chi connectivity index (χ3v) is 5.21. The van der Waals surface area contributed by atoms with E-state index in [2.05, 4.69) is 25.6 Å². The number of nitrogens with zero attached hydrogens (tertiary/aromatic N) is 1. The summed E-state index contributed by atoms with van der Waals surface area (Å²) < 4.78 is 27.5. The maximum atomic E-state index is 12.1. The monoisotopic (exact) mass is 347 g/mol. The molecule has 5 nitrogen and oxygen atoms in total. The average molecular weight is 348 g/mol. The molecule has 0 aliphatic heterocycles.